The first-order valence-electron chi connectivity index (χ1n) is 15.4. The molecule has 0 spiro atoms. The molecular weight excluding hydrogens is 615 g/mol. The summed E-state index contributed by atoms with van der Waals surface area (Å²) in [5.41, 5.74) is -2.12. The van der Waals surface area contributed by atoms with Crippen LogP contribution in [0.4, 0.5) is 17.6 Å². The third-order valence-corrected chi connectivity index (χ3v) is 8.47. The zero-order chi connectivity index (χ0) is 32.6. The maximum absolute atomic E-state index is 13.6. The van der Waals surface area contributed by atoms with Crippen molar-refractivity contribution in [1.82, 2.24) is 9.55 Å². The number of aromatic nitrogens is 2. The van der Waals surface area contributed by atoms with Gasteiger partial charge in [-0.1, -0.05) is 70.6 Å². The number of ether oxygens (including phenoxy) is 2. The van der Waals surface area contributed by atoms with E-state index in [4.69, 9.17) is 18.5 Å². The summed E-state index contributed by atoms with van der Waals surface area (Å²) in [5.74, 6) is -1.21. The smallest absolute Gasteiger partial charge is 0.390 e. The Morgan fingerprint density at radius 3 is 2.09 bits per heavy atom. The molecule has 44 heavy (non-hydrogen) atoms. The highest BCUT2D eigenvalue weighted by Crippen LogP contribution is 2.46. The zero-order valence-corrected chi connectivity index (χ0v) is 26.2. The number of alkyl halides is 3. The molecule has 1 aliphatic heterocycles. The van der Waals surface area contributed by atoms with Gasteiger partial charge in [0.05, 0.1) is 31.6 Å². The van der Waals surface area contributed by atoms with Crippen molar-refractivity contribution in [2.75, 3.05) is 19.8 Å². The van der Waals surface area contributed by atoms with Crippen molar-refractivity contribution in [3.05, 3.63) is 32.9 Å². The fourth-order valence-corrected chi connectivity index (χ4v) is 5.94. The molecule has 1 saturated heterocycles. The van der Waals surface area contributed by atoms with E-state index in [-0.39, 0.29) is 26.1 Å². The molecule has 0 bridgehead atoms. The topological polar surface area (TPSA) is 149 Å². The van der Waals surface area contributed by atoms with Crippen LogP contribution in [0.25, 0.3) is 0 Å². The van der Waals surface area contributed by atoms with Crippen molar-refractivity contribution < 1.29 is 50.6 Å². The van der Waals surface area contributed by atoms with Crippen LogP contribution in [0.2, 0.25) is 0 Å². The number of aliphatic hydroxyl groups excluding tert-OH is 1. The van der Waals surface area contributed by atoms with Crippen molar-refractivity contribution >= 4 is 7.82 Å². The van der Waals surface area contributed by atoms with Crippen molar-refractivity contribution in [3.63, 3.8) is 0 Å². The molecule has 16 heteroatoms. The fourth-order valence-electron chi connectivity index (χ4n) is 5.03. The lowest BCUT2D eigenvalue weighted by molar-refractivity contribution is -0.135. The van der Waals surface area contributed by atoms with E-state index >= 15 is 0 Å². The number of H-pyrrole nitrogens is 1. The molecule has 0 radical (unpaired) electrons. The normalized spacial score (nSPS) is 21.0. The number of nitrogens with one attached hydrogen (secondary N) is 1. The van der Waals surface area contributed by atoms with Gasteiger partial charge in [0.2, 0.25) is 5.82 Å². The first-order chi connectivity index (χ1) is 20.8. The maximum Gasteiger partial charge on any atom is 0.472 e. The van der Waals surface area contributed by atoms with Gasteiger partial charge in [0.15, 0.2) is 0 Å². The van der Waals surface area contributed by atoms with E-state index in [0.717, 1.165) is 75.2 Å². The Balaban J connectivity index is 1.45. The molecule has 1 aromatic rings. The van der Waals surface area contributed by atoms with E-state index in [1.165, 1.54) is 6.92 Å². The van der Waals surface area contributed by atoms with Gasteiger partial charge in [0.1, 0.15) is 12.3 Å². The van der Waals surface area contributed by atoms with Crippen molar-refractivity contribution in [2.24, 2.45) is 0 Å². The van der Waals surface area contributed by atoms with Gasteiger partial charge in [-0.3, -0.25) is 23.4 Å². The van der Waals surface area contributed by atoms with Crippen LogP contribution >= 0.6 is 7.82 Å². The molecule has 1 aromatic heterocycles. The standard InChI is InChI=1S/C28H47F4N2O9P/c1-21(25-23(35)19-24(42-25)34-20-22(29)26(36)33-27(34)37)43-44(38,39)41-18-17-40-16-14-12-10-8-6-4-2-3-5-7-9-11-13-15-28(30,31)32/h20-21,23-25,35H,2-19H2,1H3,(H,38,39)(H,33,36,37)/t21-,23+,24-,25-/m1/s1. The first kappa shape index (κ1) is 38.6. The second-order valence-electron chi connectivity index (χ2n) is 11.2. The maximum atomic E-state index is 13.6. The van der Waals surface area contributed by atoms with Gasteiger partial charge in [0, 0.05) is 19.4 Å². The average molecular weight is 663 g/mol. The molecule has 1 aliphatic rings. The van der Waals surface area contributed by atoms with Gasteiger partial charge in [-0.2, -0.15) is 17.6 Å². The third-order valence-electron chi connectivity index (χ3n) is 7.36. The first-order valence-corrected chi connectivity index (χ1v) is 16.9. The molecule has 1 unspecified atom stereocenters. The number of phosphoric acid groups is 1. The summed E-state index contributed by atoms with van der Waals surface area (Å²) in [4.78, 5) is 35.0. The lowest BCUT2D eigenvalue weighted by Crippen LogP contribution is -2.35. The number of phosphoric ester groups is 1. The number of hydrogen-bond donors (Lipinski definition) is 3. The number of hydrogen-bond acceptors (Lipinski definition) is 8. The highest BCUT2D eigenvalue weighted by Gasteiger charge is 2.42. The van der Waals surface area contributed by atoms with Crippen LogP contribution < -0.4 is 11.2 Å². The van der Waals surface area contributed by atoms with Crippen LogP contribution in [-0.2, 0) is 23.1 Å². The van der Waals surface area contributed by atoms with Gasteiger partial charge >= 0.3 is 19.7 Å². The van der Waals surface area contributed by atoms with E-state index < -0.39 is 62.0 Å². The lowest BCUT2D eigenvalue weighted by atomic mass is 10.0. The molecule has 256 valence electrons. The summed E-state index contributed by atoms with van der Waals surface area (Å²) in [6.07, 6.45) is 3.69. The second-order valence-corrected chi connectivity index (χ2v) is 12.6. The van der Waals surface area contributed by atoms with Crippen LogP contribution in [0, 0.1) is 5.82 Å². The molecule has 0 aliphatic carbocycles. The summed E-state index contributed by atoms with van der Waals surface area (Å²) in [6, 6.07) is 0. The van der Waals surface area contributed by atoms with E-state index in [1.54, 1.807) is 4.98 Å². The van der Waals surface area contributed by atoms with Gasteiger partial charge in [-0.15, -0.1) is 0 Å². The predicted octanol–water partition coefficient (Wildman–Crippen LogP) is 5.89. The molecule has 1 fully saturated rings. The number of aliphatic hydroxyl groups is 1. The van der Waals surface area contributed by atoms with Crippen molar-refractivity contribution in [2.45, 2.75) is 134 Å². The Bertz CT molecular complexity index is 1120. The van der Waals surface area contributed by atoms with Crippen LogP contribution in [0.1, 0.15) is 109 Å². The minimum atomic E-state index is -4.52. The minimum absolute atomic E-state index is 0.0793. The summed E-state index contributed by atoms with van der Waals surface area (Å²) >= 11 is 0. The van der Waals surface area contributed by atoms with Crippen LogP contribution in [0.15, 0.2) is 15.8 Å². The summed E-state index contributed by atoms with van der Waals surface area (Å²) in [5, 5.41) is 10.3. The van der Waals surface area contributed by atoms with Gasteiger partial charge < -0.3 is 19.5 Å². The second kappa shape index (κ2) is 19.8. The monoisotopic (exact) mass is 662 g/mol. The molecule has 0 aromatic carbocycles. The van der Waals surface area contributed by atoms with E-state index in [9.17, 15) is 41.7 Å². The van der Waals surface area contributed by atoms with E-state index in [1.807, 2.05) is 0 Å². The zero-order valence-electron chi connectivity index (χ0n) is 25.3. The molecule has 3 N–H and O–H groups in total. The fraction of sp³-hybridized carbons (Fsp3) is 0.857. The number of nitrogens with zero attached hydrogens (tertiary/aromatic N) is 1. The van der Waals surface area contributed by atoms with Gasteiger partial charge in [-0.25, -0.2) is 9.36 Å². The van der Waals surface area contributed by atoms with E-state index in [0.29, 0.717) is 19.2 Å². The number of aromatic amines is 1. The molecule has 11 nitrogen and oxygen atoms in total. The number of rotatable bonds is 23. The summed E-state index contributed by atoms with van der Waals surface area (Å²) in [7, 11) is -4.52. The van der Waals surface area contributed by atoms with Gasteiger partial charge in [0.25, 0.3) is 5.56 Å². The molecule has 2 heterocycles. The highest BCUT2D eigenvalue weighted by molar-refractivity contribution is 7.47. The third kappa shape index (κ3) is 15.6. The average Bonchev–Trinajstić information content (AvgIpc) is 3.32. The van der Waals surface area contributed by atoms with Gasteiger partial charge in [-0.05, 0) is 19.8 Å². The van der Waals surface area contributed by atoms with Crippen molar-refractivity contribution in [3.8, 4) is 0 Å². The Morgan fingerprint density at radius 1 is 0.977 bits per heavy atom. The summed E-state index contributed by atoms with van der Waals surface area (Å²) in [6.45, 7) is 1.74. The van der Waals surface area contributed by atoms with Crippen LogP contribution in [-0.4, -0.2) is 63.9 Å². The SMILES string of the molecule is C[C@@H](OP(=O)(O)OCCOCCCCCCCCCCCCCCCC(F)(F)F)[C@H]1O[C@@H](n2cc(F)c(=O)[nH]c2=O)C[C@@H]1O. The molecule has 5 atom stereocenters. The quantitative estimate of drug-likeness (QED) is 0.0741. The predicted molar refractivity (Wildman–Crippen MR) is 154 cm³/mol. The minimum Gasteiger partial charge on any atom is -0.390 e. The molecular formula is C28H47F4N2O9P. The highest BCUT2D eigenvalue weighted by atomic mass is 31.2. The Kier molecular flexibility index (Phi) is 17.4. The number of halogens is 4. The largest absolute Gasteiger partial charge is 0.472 e. The Hall–Kier alpha value is -1.61. The van der Waals surface area contributed by atoms with Crippen molar-refractivity contribution in [1.29, 1.82) is 0 Å². The van der Waals surface area contributed by atoms with Crippen LogP contribution in [0.5, 0.6) is 0 Å². The number of unbranched alkanes of at least 4 members (excludes halogenated alkanes) is 12. The molecule has 0 saturated carbocycles. The Morgan fingerprint density at radius 2 is 1.52 bits per heavy atom. The van der Waals surface area contributed by atoms with E-state index in [2.05, 4.69) is 0 Å². The van der Waals surface area contributed by atoms with Crippen LogP contribution in [0.3, 0.4) is 0 Å². The Labute approximate surface area is 254 Å². The summed E-state index contributed by atoms with van der Waals surface area (Å²) < 4.78 is 84.0. The molecule has 0 amide bonds. The lowest BCUT2D eigenvalue weighted by Gasteiger charge is -2.24. The molecule has 2 rings (SSSR count).